The van der Waals surface area contributed by atoms with Crippen LogP contribution in [0.3, 0.4) is 0 Å². The summed E-state index contributed by atoms with van der Waals surface area (Å²) in [6, 6.07) is 23.6. The Morgan fingerprint density at radius 2 is 1.67 bits per heavy atom. The fraction of sp³-hybridized carbons (Fsp3) is 0.192. The molecule has 170 valence electrons. The minimum absolute atomic E-state index is 0.125. The number of benzene rings is 3. The zero-order valence-electron chi connectivity index (χ0n) is 18.6. The van der Waals surface area contributed by atoms with E-state index in [1.54, 1.807) is 42.5 Å². The van der Waals surface area contributed by atoms with Crippen LogP contribution in [0, 0.1) is 0 Å². The van der Waals surface area contributed by atoms with E-state index in [9.17, 15) is 9.59 Å². The molecule has 1 unspecified atom stereocenters. The van der Waals surface area contributed by atoms with Gasteiger partial charge < -0.3 is 15.4 Å². The first-order chi connectivity index (χ1) is 16.0. The van der Waals surface area contributed by atoms with Crippen molar-refractivity contribution in [3.63, 3.8) is 0 Å². The summed E-state index contributed by atoms with van der Waals surface area (Å²) >= 11 is 5.30. The van der Waals surface area contributed by atoms with Crippen LogP contribution < -0.4 is 20.7 Å². The Hall–Kier alpha value is -3.71. The van der Waals surface area contributed by atoms with Crippen LogP contribution >= 0.6 is 12.2 Å². The van der Waals surface area contributed by atoms with Crippen molar-refractivity contribution in [3.05, 3.63) is 95.6 Å². The SMILES string of the molecule is CCCOc1ccccc1C(=O)NC(=S)Nc1cccc(C(=O)NC(C)c2ccccc2)c1. The molecular formula is C26H27N3O3S. The van der Waals surface area contributed by atoms with Crippen molar-refractivity contribution in [1.29, 1.82) is 0 Å². The molecule has 0 aliphatic heterocycles. The Balaban J connectivity index is 1.61. The minimum atomic E-state index is -0.371. The molecule has 2 amide bonds. The van der Waals surface area contributed by atoms with Crippen LogP contribution in [-0.4, -0.2) is 23.5 Å². The van der Waals surface area contributed by atoms with Crippen molar-refractivity contribution in [2.24, 2.45) is 0 Å². The van der Waals surface area contributed by atoms with E-state index in [4.69, 9.17) is 17.0 Å². The number of rotatable bonds is 8. The highest BCUT2D eigenvalue weighted by molar-refractivity contribution is 7.80. The molecule has 0 fully saturated rings. The molecule has 33 heavy (non-hydrogen) atoms. The number of ether oxygens (including phenoxy) is 1. The van der Waals surface area contributed by atoms with Gasteiger partial charge in [0, 0.05) is 11.3 Å². The number of hydrogen-bond donors (Lipinski definition) is 3. The van der Waals surface area contributed by atoms with Crippen LogP contribution in [0.15, 0.2) is 78.9 Å². The molecule has 0 radical (unpaired) electrons. The van der Waals surface area contributed by atoms with Gasteiger partial charge in [-0.25, -0.2) is 0 Å². The molecule has 6 nitrogen and oxygen atoms in total. The van der Waals surface area contributed by atoms with Gasteiger partial charge in [-0.15, -0.1) is 0 Å². The second-order valence-electron chi connectivity index (χ2n) is 7.44. The summed E-state index contributed by atoms with van der Waals surface area (Å²) in [6.45, 7) is 4.45. The molecule has 3 aromatic rings. The third kappa shape index (κ3) is 6.89. The summed E-state index contributed by atoms with van der Waals surface area (Å²) in [5.74, 6) is -0.0670. The van der Waals surface area contributed by atoms with Gasteiger partial charge in [-0.3, -0.25) is 14.9 Å². The normalized spacial score (nSPS) is 11.2. The number of para-hydroxylation sites is 1. The van der Waals surface area contributed by atoms with Crippen LogP contribution in [0.1, 0.15) is 52.6 Å². The van der Waals surface area contributed by atoms with Crippen LogP contribution in [0.2, 0.25) is 0 Å². The largest absolute Gasteiger partial charge is 0.493 e. The van der Waals surface area contributed by atoms with E-state index in [1.807, 2.05) is 50.2 Å². The van der Waals surface area contributed by atoms with Crippen LogP contribution in [0.4, 0.5) is 5.69 Å². The molecule has 1 atom stereocenters. The molecule has 7 heteroatoms. The number of carbonyl (C=O) groups is 2. The molecule has 0 saturated heterocycles. The predicted molar refractivity (Wildman–Crippen MR) is 135 cm³/mol. The zero-order chi connectivity index (χ0) is 23.6. The van der Waals surface area contributed by atoms with Gasteiger partial charge in [0.05, 0.1) is 18.2 Å². The highest BCUT2D eigenvalue weighted by Crippen LogP contribution is 2.18. The first kappa shape index (κ1) is 23.9. The topological polar surface area (TPSA) is 79.5 Å². The van der Waals surface area contributed by atoms with E-state index in [1.165, 1.54) is 0 Å². The summed E-state index contributed by atoms with van der Waals surface area (Å²) in [4.78, 5) is 25.4. The van der Waals surface area contributed by atoms with Gasteiger partial charge in [0.15, 0.2) is 5.11 Å². The van der Waals surface area contributed by atoms with E-state index in [0.29, 0.717) is 29.2 Å². The third-order valence-electron chi connectivity index (χ3n) is 4.85. The Morgan fingerprint density at radius 3 is 2.42 bits per heavy atom. The molecule has 3 rings (SSSR count). The van der Waals surface area contributed by atoms with Crippen LogP contribution in [-0.2, 0) is 0 Å². The van der Waals surface area contributed by atoms with Gasteiger partial charge in [-0.05, 0) is 61.5 Å². The van der Waals surface area contributed by atoms with Gasteiger partial charge in [0.25, 0.3) is 11.8 Å². The van der Waals surface area contributed by atoms with Crippen molar-refractivity contribution >= 4 is 34.8 Å². The Bertz CT molecular complexity index is 1120. The fourth-order valence-corrected chi connectivity index (χ4v) is 3.38. The second kappa shape index (κ2) is 11.8. The van der Waals surface area contributed by atoms with E-state index >= 15 is 0 Å². The molecule has 0 heterocycles. The van der Waals surface area contributed by atoms with E-state index in [0.717, 1.165) is 12.0 Å². The maximum absolute atomic E-state index is 12.7. The van der Waals surface area contributed by atoms with Gasteiger partial charge in [0.1, 0.15) is 5.75 Å². The maximum atomic E-state index is 12.7. The molecule has 0 aromatic heterocycles. The van der Waals surface area contributed by atoms with Crippen LogP contribution in [0.25, 0.3) is 0 Å². The average molecular weight is 462 g/mol. The number of anilines is 1. The number of amides is 2. The van der Waals surface area contributed by atoms with E-state index < -0.39 is 0 Å². The molecule has 0 saturated carbocycles. The second-order valence-corrected chi connectivity index (χ2v) is 7.85. The predicted octanol–water partition coefficient (Wildman–Crippen LogP) is 5.09. The lowest BCUT2D eigenvalue weighted by atomic mass is 10.1. The van der Waals surface area contributed by atoms with Gasteiger partial charge >= 0.3 is 0 Å². The number of hydrogen-bond acceptors (Lipinski definition) is 4. The molecule has 0 spiro atoms. The summed E-state index contributed by atoms with van der Waals surface area (Å²) < 4.78 is 5.64. The summed E-state index contributed by atoms with van der Waals surface area (Å²) in [5.41, 5.74) is 2.50. The lowest BCUT2D eigenvalue weighted by Gasteiger charge is -2.15. The lowest BCUT2D eigenvalue weighted by molar-refractivity contribution is 0.0937. The smallest absolute Gasteiger partial charge is 0.261 e. The van der Waals surface area contributed by atoms with Crippen molar-refractivity contribution in [2.75, 3.05) is 11.9 Å². The number of thiocarbonyl (C=S) groups is 1. The van der Waals surface area contributed by atoms with E-state index in [2.05, 4.69) is 16.0 Å². The van der Waals surface area contributed by atoms with Gasteiger partial charge in [0.2, 0.25) is 0 Å². The third-order valence-corrected chi connectivity index (χ3v) is 5.05. The van der Waals surface area contributed by atoms with Crippen molar-refractivity contribution in [2.45, 2.75) is 26.3 Å². The summed E-state index contributed by atoms with van der Waals surface area (Å²) in [7, 11) is 0. The Labute approximate surface area is 199 Å². The maximum Gasteiger partial charge on any atom is 0.261 e. The van der Waals surface area contributed by atoms with Gasteiger partial charge in [-0.1, -0.05) is 55.5 Å². The molecule has 0 aliphatic rings. The summed E-state index contributed by atoms with van der Waals surface area (Å²) in [6.07, 6.45) is 0.837. The molecule has 0 bridgehead atoms. The number of carbonyl (C=O) groups excluding carboxylic acids is 2. The van der Waals surface area contributed by atoms with Crippen molar-refractivity contribution in [1.82, 2.24) is 10.6 Å². The van der Waals surface area contributed by atoms with Crippen molar-refractivity contribution < 1.29 is 14.3 Å². The first-order valence-electron chi connectivity index (χ1n) is 10.8. The Morgan fingerprint density at radius 1 is 0.939 bits per heavy atom. The molecular weight excluding hydrogens is 434 g/mol. The molecule has 3 aromatic carbocycles. The van der Waals surface area contributed by atoms with Crippen molar-refractivity contribution in [3.8, 4) is 5.75 Å². The van der Waals surface area contributed by atoms with Crippen LogP contribution in [0.5, 0.6) is 5.75 Å². The average Bonchev–Trinajstić information content (AvgIpc) is 2.83. The zero-order valence-corrected chi connectivity index (χ0v) is 19.4. The fourth-order valence-electron chi connectivity index (χ4n) is 3.17. The highest BCUT2D eigenvalue weighted by atomic mass is 32.1. The van der Waals surface area contributed by atoms with Gasteiger partial charge in [-0.2, -0.15) is 0 Å². The quantitative estimate of drug-likeness (QED) is 0.407. The molecule has 3 N–H and O–H groups in total. The van der Waals surface area contributed by atoms with E-state index in [-0.39, 0.29) is 23.0 Å². The molecule has 0 aliphatic carbocycles. The number of nitrogens with one attached hydrogen (secondary N) is 3. The first-order valence-corrected chi connectivity index (χ1v) is 11.2. The lowest BCUT2D eigenvalue weighted by Crippen LogP contribution is -2.34. The monoisotopic (exact) mass is 461 g/mol. The summed E-state index contributed by atoms with van der Waals surface area (Å²) in [5, 5.41) is 8.74. The Kier molecular flexibility index (Phi) is 8.55. The minimum Gasteiger partial charge on any atom is -0.493 e. The standard InChI is InChI=1S/C26H27N3O3S/c1-3-16-32-23-15-8-7-14-22(23)25(31)29-26(33)28-21-13-9-12-20(17-21)24(30)27-18(2)19-10-5-4-6-11-19/h4-15,17-18H,3,16H2,1-2H3,(H,27,30)(H2,28,29,31,33). The highest BCUT2D eigenvalue weighted by Gasteiger charge is 2.15.